The average molecular weight is 307 g/mol. The van der Waals surface area contributed by atoms with Gasteiger partial charge in [-0.2, -0.15) is 0 Å². The maximum absolute atomic E-state index is 11.7. The summed E-state index contributed by atoms with van der Waals surface area (Å²) in [6.45, 7) is 3.02. The van der Waals surface area contributed by atoms with Crippen molar-refractivity contribution in [2.24, 2.45) is 0 Å². The second kappa shape index (κ2) is 5.85. The van der Waals surface area contributed by atoms with Crippen LogP contribution in [0.1, 0.15) is 0 Å². The summed E-state index contributed by atoms with van der Waals surface area (Å²) >= 11 is 0. The first-order valence-corrected chi connectivity index (χ1v) is 7.73. The molecule has 0 amide bonds. The lowest BCUT2D eigenvalue weighted by Gasteiger charge is -2.28. The third-order valence-corrected chi connectivity index (χ3v) is 4.11. The number of anilines is 1. The summed E-state index contributed by atoms with van der Waals surface area (Å²) in [6.07, 6.45) is 0. The molecule has 23 heavy (non-hydrogen) atoms. The lowest BCUT2D eigenvalue weighted by molar-refractivity contribution is 0.122. The Morgan fingerprint density at radius 2 is 1.83 bits per heavy atom. The number of nitrogens with zero attached hydrogens (tertiary/aromatic N) is 2. The first kappa shape index (κ1) is 14.0. The first-order chi connectivity index (χ1) is 11.3. The third-order valence-electron chi connectivity index (χ3n) is 4.11. The van der Waals surface area contributed by atoms with E-state index in [0.29, 0.717) is 18.9 Å². The maximum Gasteiger partial charge on any atom is 0.249 e. The number of aromatic amines is 1. The number of aromatic nitrogens is 2. The van der Waals surface area contributed by atoms with E-state index in [-0.39, 0.29) is 5.56 Å². The number of hydrogen-bond donors (Lipinski definition) is 1. The Hall–Kier alpha value is -2.66. The van der Waals surface area contributed by atoms with Gasteiger partial charge in [-0.15, -0.1) is 0 Å². The first-order valence-electron chi connectivity index (χ1n) is 7.73. The number of hydrogen-bond acceptors (Lipinski definition) is 4. The zero-order valence-corrected chi connectivity index (χ0v) is 12.7. The van der Waals surface area contributed by atoms with Crippen molar-refractivity contribution in [1.29, 1.82) is 0 Å². The molecule has 0 atom stereocenters. The molecule has 116 valence electrons. The van der Waals surface area contributed by atoms with E-state index >= 15 is 0 Å². The molecule has 1 aliphatic heterocycles. The van der Waals surface area contributed by atoms with Crippen molar-refractivity contribution in [2.75, 3.05) is 31.2 Å². The van der Waals surface area contributed by atoms with E-state index in [0.717, 1.165) is 35.4 Å². The number of ether oxygens (including phenoxy) is 1. The van der Waals surface area contributed by atoms with Crippen molar-refractivity contribution in [3.05, 3.63) is 58.9 Å². The molecule has 4 rings (SSSR count). The van der Waals surface area contributed by atoms with E-state index in [1.165, 1.54) is 0 Å². The fourth-order valence-electron chi connectivity index (χ4n) is 2.93. The van der Waals surface area contributed by atoms with Gasteiger partial charge in [0.2, 0.25) is 5.56 Å². The predicted molar refractivity (Wildman–Crippen MR) is 90.8 cm³/mol. The second-order valence-corrected chi connectivity index (χ2v) is 5.58. The van der Waals surface area contributed by atoms with Crippen LogP contribution in [0.3, 0.4) is 0 Å². The molecular formula is C18H17N3O2. The van der Waals surface area contributed by atoms with Crippen LogP contribution in [-0.2, 0) is 4.74 Å². The Kier molecular flexibility index (Phi) is 3.55. The summed E-state index contributed by atoms with van der Waals surface area (Å²) in [7, 11) is 0. The standard InChI is InChI=1S/C18H17N3O2/c22-17-7-6-14-15(13-4-2-1-3-5-13)12-16(19-18(14)20-17)21-8-10-23-11-9-21/h1-7,12H,8-11H2,(H,19,20,22). The van der Waals surface area contributed by atoms with Gasteiger partial charge in [0.25, 0.3) is 0 Å². The van der Waals surface area contributed by atoms with Crippen LogP contribution in [0.4, 0.5) is 5.82 Å². The van der Waals surface area contributed by atoms with Crippen LogP contribution in [-0.4, -0.2) is 36.3 Å². The van der Waals surface area contributed by atoms with E-state index in [1.54, 1.807) is 6.07 Å². The Bertz CT molecular complexity index is 884. The molecule has 5 nitrogen and oxygen atoms in total. The quantitative estimate of drug-likeness (QED) is 0.790. The molecule has 0 radical (unpaired) electrons. The molecule has 2 aromatic heterocycles. The minimum absolute atomic E-state index is 0.136. The van der Waals surface area contributed by atoms with E-state index in [1.807, 2.05) is 24.3 Å². The van der Waals surface area contributed by atoms with Gasteiger partial charge in [0.15, 0.2) is 0 Å². The van der Waals surface area contributed by atoms with Crippen LogP contribution in [0.15, 0.2) is 53.3 Å². The molecule has 0 spiro atoms. The highest BCUT2D eigenvalue weighted by atomic mass is 16.5. The van der Waals surface area contributed by atoms with Gasteiger partial charge >= 0.3 is 0 Å². The number of benzene rings is 1. The molecule has 3 aromatic rings. The highest BCUT2D eigenvalue weighted by Crippen LogP contribution is 2.30. The van der Waals surface area contributed by atoms with Gasteiger partial charge in [-0.3, -0.25) is 4.79 Å². The van der Waals surface area contributed by atoms with Gasteiger partial charge in [-0.25, -0.2) is 4.98 Å². The van der Waals surface area contributed by atoms with Gasteiger partial charge in [0.05, 0.1) is 13.2 Å². The lowest BCUT2D eigenvalue weighted by atomic mass is 10.0. The predicted octanol–water partition coefficient (Wildman–Crippen LogP) is 2.43. The summed E-state index contributed by atoms with van der Waals surface area (Å²) in [4.78, 5) is 21.4. The Balaban J connectivity index is 1.93. The summed E-state index contributed by atoms with van der Waals surface area (Å²) in [5.74, 6) is 0.876. The number of pyridine rings is 2. The van der Waals surface area contributed by atoms with Gasteiger partial charge in [-0.1, -0.05) is 30.3 Å². The van der Waals surface area contributed by atoms with Gasteiger partial charge in [-0.05, 0) is 23.3 Å². The molecule has 1 fully saturated rings. The molecule has 0 aliphatic carbocycles. The molecular weight excluding hydrogens is 290 g/mol. The third kappa shape index (κ3) is 2.71. The minimum atomic E-state index is -0.136. The molecule has 1 aliphatic rings. The smallest absolute Gasteiger partial charge is 0.249 e. The van der Waals surface area contributed by atoms with Crippen molar-refractivity contribution in [3.8, 4) is 11.1 Å². The van der Waals surface area contributed by atoms with Crippen LogP contribution >= 0.6 is 0 Å². The molecule has 1 N–H and O–H groups in total. The van der Waals surface area contributed by atoms with E-state index < -0.39 is 0 Å². The SMILES string of the molecule is O=c1ccc2c(-c3ccccc3)cc(N3CCOCC3)nc2[nH]1. The topological polar surface area (TPSA) is 58.2 Å². The van der Waals surface area contributed by atoms with Crippen molar-refractivity contribution in [3.63, 3.8) is 0 Å². The largest absolute Gasteiger partial charge is 0.378 e. The van der Waals surface area contributed by atoms with E-state index in [9.17, 15) is 4.79 Å². The number of morpholine rings is 1. The van der Waals surface area contributed by atoms with Crippen molar-refractivity contribution in [2.45, 2.75) is 0 Å². The number of nitrogens with one attached hydrogen (secondary N) is 1. The highest BCUT2D eigenvalue weighted by molar-refractivity contribution is 5.94. The number of H-pyrrole nitrogens is 1. The summed E-state index contributed by atoms with van der Waals surface area (Å²) in [5.41, 5.74) is 2.68. The maximum atomic E-state index is 11.7. The molecule has 5 heteroatoms. The molecule has 1 aromatic carbocycles. The summed E-state index contributed by atoms with van der Waals surface area (Å²) < 4.78 is 5.42. The van der Waals surface area contributed by atoms with E-state index in [2.05, 4.69) is 33.1 Å². The average Bonchev–Trinajstić information content (AvgIpc) is 2.62. The fourth-order valence-corrected chi connectivity index (χ4v) is 2.93. The normalized spacial score (nSPS) is 15.0. The molecule has 0 saturated carbocycles. The minimum Gasteiger partial charge on any atom is -0.378 e. The Morgan fingerprint density at radius 1 is 1.04 bits per heavy atom. The van der Waals surface area contributed by atoms with Crippen LogP contribution < -0.4 is 10.5 Å². The van der Waals surface area contributed by atoms with Crippen molar-refractivity contribution in [1.82, 2.24) is 9.97 Å². The number of rotatable bonds is 2. The van der Waals surface area contributed by atoms with Gasteiger partial charge < -0.3 is 14.6 Å². The zero-order chi connectivity index (χ0) is 15.6. The Morgan fingerprint density at radius 3 is 2.61 bits per heavy atom. The monoisotopic (exact) mass is 307 g/mol. The van der Waals surface area contributed by atoms with Crippen molar-refractivity contribution >= 4 is 16.9 Å². The van der Waals surface area contributed by atoms with Gasteiger partial charge in [0.1, 0.15) is 11.5 Å². The summed E-state index contributed by atoms with van der Waals surface area (Å²) in [6, 6.07) is 15.7. The van der Waals surface area contributed by atoms with Crippen LogP contribution in [0.2, 0.25) is 0 Å². The van der Waals surface area contributed by atoms with Crippen LogP contribution in [0.5, 0.6) is 0 Å². The summed E-state index contributed by atoms with van der Waals surface area (Å²) in [5, 5.41) is 0.952. The second-order valence-electron chi connectivity index (χ2n) is 5.58. The zero-order valence-electron chi connectivity index (χ0n) is 12.7. The molecule has 0 bridgehead atoms. The lowest BCUT2D eigenvalue weighted by Crippen LogP contribution is -2.36. The van der Waals surface area contributed by atoms with Crippen LogP contribution in [0, 0.1) is 0 Å². The Labute approximate surface area is 133 Å². The van der Waals surface area contributed by atoms with Crippen molar-refractivity contribution < 1.29 is 4.74 Å². The number of fused-ring (bicyclic) bond motifs is 1. The van der Waals surface area contributed by atoms with E-state index in [4.69, 9.17) is 4.74 Å². The highest BCUT2D eigenvalue weighted by Gasteiger charge is 2.16. The fraction of sp³-hybridized carbons (Fsp3) is 0.222. The van der Waals surface area contributed by atoms with Crippen LogP contribution in [0.25, 0.3) is 22.2 Å². The molecule has 1 saturated heterocycles. The van der Waals surface area contributed by atoms with Gasteiger partial charge in [0, 0.05) is 24.5 Å². The molecule has 3 heterocycles. The molecule has 0 unspecified atom stereocenters.